The van der Waals surface area contributed by atoms with Gasteiger partial charge < -0.3 is 4.74 Å². The van der Waals surface area contributed by atoms with E-state index in [2.05, 4.69) is 6.92 Å². The Morgan fingerprint density at radius 2 is 2.00 bits per heavy atom. The van der Waals surface area contributed by atoms with E-state index in [1.165, 1.54) is 19.3 Å². The van der Waals surface area contributed by atoms with Crippen molar-refractivity contribution in [3.8, 4) is 0 Å². The van der Waals surface area contributed by atoms with Crippen molar-refractivity contribution in [3.05, 3.63) is 0 Å². The predicted molar refractivity (Wildman–Crippen MR) is 59.6 cm³/mol. The molecule has 0 saturated heterocycles. The Balaban J connectivity index is 3.62. The number of esters is 1. The first-order valence-corrected chi connectivity index (χ1v) is 6.02. The summed E-state index contributed by atoms with van der Waals surface area (Å²) in [6, 6.07) is 0. The zero-order chi connectivity index (χ0) is 10.8. The largest absolute Gasteiger partial charge is 0.466 e. The first-order chi connectivity index (χ1) is 6.76. The molecule has 1 unspecified atom stereocenters. The van der Waals surface area contributed by atoms with E-state index in [-0.39, 0.29) is 11.9 Å². The lowest BCUT2D eigenvalue weighted by Gasteiger charge is -2.11. The summed E-state index contributed by atoms with van der Waals surface area (Å²) in [6.07, 6.45) is 5.57. The number of rotatable bonds is 8. The highest BCUT2D eigenvalue weighted by molar-refractivity contribution is 6.19. The number of carbonyl (C=O) groups excluding carboxylic acids is 1. The van der Waals surface area contributed by atoms with Crippen LogP contribution in [0.25, 0.3) is 0 Å². The molecule has 1 atom stereocenters. The summed E-state index contributed by atoms with van der Waals surface area (Å²) in [5, 5.41) is 0. The number of alkyl halides is 1. The highest BCUT2D eigenvalue weighted by Gasteiger charge is 2.17. The van der Waals surface area contributed by atoms with Gasteiger partial charge in [-0.05, 0) is 13.3 Å². The summed E-state index contributed by atoms with van der Waals surface area (Å²) < 4.78 is 4.93. The lowest BCUT2D eigenvalue weighted by molar-refractivity contribution is -0.147. The number of carbonyl (C=O) groups is 1. The first-order valence-electron chi connectivity index (χ1n) is 5.48. The molecule has 0 spiro atoms. The van der Waals surface area contributed by atoms with Crippen LogP contribution in [0.15, 0.2) is 0 Å². The minimum absolute atomic E-state index is 0.103. The van der Waals surface area contributed by atoms with Crippen molar-refractivity contribution in [1.29, 1.82) is 0 Å². The lowest BCUT2D eigenvalue weighted by Crippen LogP contribution is -2.19. The monoisotopic (exact) mass is 220 g/mol. The Labute approximate surface area is 92.0 Å². The molecular weight excluding hydrogens is 200 g/mol. The number of ether oxygens (including phenoxy) is 1. The van der Waals surface area contributed by atoms with Crippen LogP contribution in [0.5, 0.6) is 0 Å². The van der Waals surface area contributed by atoms with Crippen LogP contribution in [0.3, 0.4) is 0 Å². The molecule has 2 nitrogen and oxygen atoms in total. The van der Waals surface area contributed by atoms with Gasteiger partial charge in [-0.15, -0.1) is 11.6 Å². The molecule has 0 saturated carbocycles. The molecule has 0 aliphatic rings. The maximum absolute atomic E-state index is 11.3. The molecule has 0 rings (SSSR count). The molecule has 84 valence electrons. The SMILES string of the molecule is CCCCCCC(CCl)C(=O)OCC. The molecule has 0 aliphatic carbocycles. The molecular formula is C11H21ClO2. The molecule has 0 aromatic carbocycles. The number of unbranched alkanes of at least 4 members (excludes halogenated alkanes) is 3. The molecule has 0 amide bonds. The fourth-order valence-electron chi connectivity index (χ4n) is 1.34. The summed E-state index contributed by atoms with van der Waals surface area (Å²) >= 11 is 5.71. The standard InChI is InChI=1S/C11H21ClO2/c1-3-5-6-7-8-10(9-12)11(13)14-4-2/h10H,3-9H2,1-2H3. The van der Waals surface area contributed by atoms with Crippen molar-refractivity contribution in [2.24, 2.45) is 5.92 Å². The maximum atomic E-state index is 11.3. The van der Waals surface area contributed by atoms with Crippen LogP contribution in [0.1, 0.15) is 46.0 Å². The van der Waals surface area contributed by atoms with Crippen molar-refractivity contribution < 1.29 is 9.53 Å². The zero-order valence-electron chi connectivity index (χ0n) is 9.22. The molecule has 0 aromatic rings. The van der Waals surface area contributed by atoms with Gasteiger partial charge in [0.25, 0.3) is 0 Å². The Kier molecular flexibility index (Phi) is 9.16. The molecule has 0 heterocycles. The fraction of sp³-hybridized carbons (Fsp3) is 0.909. The Hall–Kier alpha value is -0.240. The predicted octanol–water partition coefficient (Wildman–Crippen LogP) is 3.37. The Bertz CT molecular complexity index is 148. The molecule has 0 bridgehead atoms. The van der Waals surface area contributed by atoms with Crippen LogP contribution in [-0.2, 0) is 9.53 Å². The number of hydrogen-bond acceptors (Lipinski definition) is 2. The second kappa shape index (κ2) is 9.32. The highest BCUT2D eigenvalue weighted by atomic mass is 35.5. The van der Waals surface area contributed by atoms with Crippen molar-refractivity contribution in [3.63, 3.8) is 0 Å². The van der Waals surface area contributed by atoms with Gasteiger partial charge >= 0.3 is 5.97 Å². The van der Waals surface area contributed by atoms with E-state index in [1.807, 2.05) is 6.92 Å². The molecule has 0 aromatic heterocycles. The van der Waals surface area contributed by atoms with Crippen molar-refractivity contribution in [1.82, 2.24) is 0 Å². The van der Waals surface area contributed by atoms with Gasteiger partial charge in [-0.25, -0.2) is 0 Å². The molecule has 3 heteroatoms. The van der Waals surface area contributed by atoms with E-state index in [0.717, 1.165) is 12.8 Å². The zero-order valence-corrected chi connectivity index (χ0v) is 9.98. The van der Waals surface area contributed by atoms with Gasteiger partial charge in [-0.1, -0.05) is 32.6 Å². The van der Waals surface area contributed by atoms with E-state index < -0.39 is 0 Å². The van der Waals surface area contributed by atoms with E-state index in [4.69, 9.17) is 16.3 Å². The minimum Gasteiger partial charge on any atom is -0.466 e. The van der Waals surface area contributed by atoms with Crippen LogP contribution in [0, 0.1) is 5.92 Å². The van der Waals surface area contributed by atoms with Crippen LogP contribution >= 0.6 is 11.6 Å². The summed E-state index contributed by atoms with van der Waals surface area (Å²) in [7, 11) is 0. The van der Waals surface area contributed by atoms with Crippen molar-refractivity contribution in [2.45, 2.75) is 46.0 Å². The van der Waals surface area contributed by atoms with E-state index in [1.54, 1.807) is 0 Å². The van der Waals surface area contributed by atoms with Crippen molar-refractivity contribution >= 4 is 17.6 Å². The van der Waals surface area contributed by atoms with E-state index >= 15 is 0 Å². The molecule has 0 N–H and O–H groups in total. The van der Waals surface area contributed by atoms with Gasteiger partial charge in [-0.3, -0.25) is 4.79 Å². The average molecular weight is 221 g/mol. The topological polar surface area (TPSA) is 26.3 Å². The second-order valence-corrected chi connectivity index (χ2v) is 3.76. The fourth-order valence-corrected chi connectivity index (χ4v) is 1.62. The molecule has 0 fully saturated rings. The molecule has 0 radical (unpaired) electrons. The lowest BCUT2D eigenvalue weighted by atomic mass is 10.0. The van der Waals surface area contributed by atoms with E-state index in [0.29, 0.717) is 12.5 Å². The van der Waals surface area contributed by atoms with Gasteiger partial charge in [0.2, 0.25) is 0 Å². The molecule has 14 heavy (non-hydrogen) atoms. The Morgan fingerprint density at radius 1 is 1.29 bits per heavy atom. The third-order valence-corrected chi connectivity index (χ3v) is 2.58. The van der Waals surface area contributed by atoms with Gasteiger partial charge in [0, 0.05) is 5.88 Å². The highest BCUT2D eigenvalue weighted by Crippen LogP contribution is 2.14. The quantitative estimate of drug-likeness (QED) is 0.356. The van der Waals surface area contributed by atoms with Gasteiger partial charge in [0.1, 0.15) is 0 Å². The summed E-state index contributed by atoms with van der Waals surface area (Å²) in [5.41, 5.74) is 0. The normalized spacial score (nSPS) is 12.5. The van der Waals surface area contributed by atoms with Gasteiger partial charge in [-0.2, -0.15) is 0 Å². The summed E-state index contributed by atoms with van der Waals surface area (Å²) in [5.74, 6) is 0.137. The van der Waals surface area contributed by atoms with Gasteiger partial charge in [0.05, 0.1) is 12.5 Å². The molecule has 0 aliphatic heterocycles. The average Bonchev–Trinajstić information content (AvgIpc) is 2.18. The van der Waals surface area contributed by atoms with Crippen LogP contribution in [-0.4, -0.2) is 18.5 Å². The first kappa shape index (κ1) is 13.8. The third-order valence-electron chi connectivity index (χ3n) is 2.21. The smallest absolute Gasteiger partial charge is 0.310 e. The van der Waals surface area contributed by atoms with Crippen molar-refractivity contribution in [2.75, 3.05) is 12.5 Å². The van der Waals surface area contributed by atoms with Crippen LogP contribution in [0.2, 0.25) is 0 Å². The van der Waals surface area contributed by atoms with E-state index in [9.17, 15) is 4.79 Å². The second-order valence-electron chi connectivity index (χ2n) is 3.45. The number of halogens is 1. The summed E-state index contributed by atoms with van der Waals surface area (Å²) in [6.45, 7) is 4.44. The van der Waals surface area contributed by atoms with Gasteiger partial charge in [0.15, 0.2) is 0 Å². The maximum Gasteiger partial charge on any atom is 0.310 e. The number of hydrogen-bond donors (Lipinski definition) is 0. The van der Waals surface area contributed by atoms with Crippen LogP contribution < -0.4 is 0 Å². The van der Waals surface area contributed by atoms with Crippen LogP contribution in [0.4, 0.5) is 0 Å². The summed E-state index contributed by atoms with van der Waals surface area (Å²) in [4.78, 5) is 11.3. The minimum atomic E-state index is -0.140. The third kappa shape index (κ3) is 6.25. The Morgan fingerprint density at radius 3 is 2.50 bits per heavy atom.